The first-order chi connectivity index (χ1) is 8.83. The molecular weight excluding hydrogens is 242 g/mol. The quantitative estimate of drug-likeness (QED) is 0.902. The molecule has 2 aromatic heterocycles. The fourth-order valence-corrected chi connectivity index (χ4v) is 3.50. The van der Waals surface area contributed by atoms with E-state index >= 15 is 0 Å². The van der Waals surface area contributed by atoms with Gasteiger partial charge >= 0.3 is 0 Å². The van der Waals surface area contributed by atoms with Gasteiger partial charge in [0.2, 0.25) is 5.95 Å². The molecule has 1 aliphatic carbocycles. The topological polar surface area (TPSA) is 29.9 Å². The lowest BCUT2D eigenvalue weighted by Crippen LogP contribution is -2.10. The molecule has 96 valence electrons. The summed E-state index contributed by atoms with van der Waals surface area (Å²) in [5, 5.41) is 3.46. The third-order valence-electron chi connectivity index (χ3n) is 3.60. The van der Waals surface area contributed by atoms with Crippen molar-refractivity contribution < 1.29 is 0 Å². The molecule has 0 spiro atoms. The van der Waals surface area contributed by atoms with Crippen LogP contribution in [0, 0.1) is 6.92 Å². The molecule has 2 aromatic rings. The number of nitrogens with zero attached hydrogens (tertiary/aromatic N) is 2. The van der Waals surface area contributed by atoms with Crippen LogP contribution in [0.15, 0.2) is 24.5 Å². The van der Waals surface area contributed by atoms with Gasteiger partial charge in [0.1, 0.15) is 0 Å². The molecule has 3 rings (SSSR count). The molecule has 0 aliphatic heterocycles. The van der Waals surface area contributed by atoms with Crippen LogP contribution in [-0.4, -0.2) is 9.55 Å². The Morgan fingerprint density at radius 1 is 1.39 bits per heavy atom. The first-order valence-electron chi connectivity index (χ1n) is 6.65. The van der Waals surface area contributed by atoms with E-state index in [1.54, 1.807) is 0 Å². The van der Waals surface area contributed by atoms with Crippen molar-refractivity contribution in [3.05, 3.63) is 34.3 Å². The van der Waals surface area contributed by atoms with Crippen molar-refractivity contribution in [1.29, 1.82) is 0 Å². The lowest BCUT2D eigenvalue weighted by molar-refractivity contribution is 0.523. The third-order valence-corrected chi connectivity index (χ3v) is 4.60. The van der Waals surface area contributed by atoms with E-state index in [4.69, 9.17) is 0 Å². The van der Waals surface area contributed by atoms with Crippen molar-refractivity contribution in [3.8, 4) is 0 Å². The van der Waals surface area contributed by atoms with E-state index in [0.717, 1.165) is 12.5 Å². The first kappa shape index (κ1) is 11.8. The molecule has 4 heteroatoms. The zero-order chi connectivity index (χ0) is 12.4. The maximum Gasteiger partial charge on any atom is 0.203 e. The zero-order valence-electron chi connectivity index (χ0n) is 10.7. The lowest BCUT2D eigenvalue weighted by atomic mass is 10.2. The molecule has 1 aliphatic rings. The number of hydrogen-bond acceptors (Lipinski definition) is 3. The Morgan fingerprint density at radius 2 is 2.22 bits per heavy atom. The maximum absolute atomic E-state index is 4.44. The molecule has 3 nitrogen and oxygen atoms in total. The van der Waals surface area contributed by atoms with E-state index in [1.165, 1.54) is 35.4 Å². The summed E-state index contributed by atoms with van der Waals surface area (Å²) in [4.78, 5) is 7.17. The van der Waals surface area contributed by atoms with Crippen LogP contribution in [0.2, 0.25) is 0 Å². The van der Waals surface area contributed by atoms with Gasteiger partial charge in [0.05, 0.1) is 6.54 Å². The maximum atomic E-state index is 4.44. The van der Waals surface area contributed by atoms with Crippen LogP contribution in [0.5, 0.6) is 0 Å². The molecule has 2 heterocycles. The number of nitrogens with one attached hydrogen (secondary N) is 1. The SMILES string of the molecule is Cc1ccc(CNc2nccn2C2CCCC2)s1. The summed E-state index contributed by atoms with van der Waals surface area (Å²) in [5.74, 6) is 1.02. The van der Waals surface area contributed by atoms with E-state index in [-0.39, 0.29) is 0 Å². The highest BCUT2D eigenvalue weighted by Gasteiger charge is 2.18. The average molecular weight is 261 g/mol. The molecule has 0 amide bonds. The second-order valence-corrected chi connectivity index (χ2v) is 6.33. The minimum Gasteiger partial charge on any atom is -0.351 e. The molecule has 0 radical (unpaired) electrons. The standard InChI is InChI=1S/C14H19N3S/c1-11-6-7-13(18-11)10-16-14-15-8-9-17(14)12-4-2-3-5-12/h6-9,12H,2-5,10H2,1H3,(H,15,16). The molecule has 1 N–H and O–H groups in total. The molecule has 1 saturated carbocycles. The van der Waals surface area contributed by atoms with Gasteiger partial charge in [0, 0.05) is 28.2 Å². The minimum atomic E-state index is 0.653. The van der Waals surface area contributed by atoms with Gasteiger partial charge in [-0.25, -0.2) is 4.98 Å². The van der Waals surface area contributed by atoms with Gasteiger partial charge in [-0.3, -0.25) is 0 Å². The molecule has 0 unspecified atom stereocenters. The molecule has 18 heavy (non-hydrogen) atoms. The largest absolute Gasteiger partial charge is 0.351 e. The van der Waals surface area contributed by atoms with Crippen molar-refractivity contribution in [2.24, 2.45) is 0 Å². The molecule has 0 bridgehead atoms. The lowest BCUT2D eigenvalue weighted by Gasteiger charge is -2.15. The average Bonchev–Trinajstić information content (AvgIpc) is 3.07. The minimum absolute atomic E-state index is 0.653. The Kier molecular flexibility index (Phi) is 3.37. The number of hydrogen-bond donors (Lipinski definition) is 1. The summed E-state index contributed by atoms with van der Waals surface area (Å²) >= 11 is 1.85. The van der Waals surface area contributed by atoms with Gasteiger partial charge < -0.3 is 9.88 Å². The van der Waals surface area contributed by atoms with Gasteiger partial charge in [0.15, 0.2) is 0 Å². The highest BCUT2D eigenvalue weighted by Crippen LogP contribution is 2.31. The predicted octanol–water partition coefficient (Wildman–Crippen LogP) is 3.98. The number of aromatic nitrogens is 2. The highest BCUT2D eigenvalue weighted by atomic mass is 32.1. The summed E-state index contributed by atoms with van der Waals surface area (Å²) in [5.41, 5.74) is 0. The van der Waals surface area contributed by atoms with Crippen molar-refractivity contribution in [1.82, 2.24) is 9.55 Å². The fourth-order valence-electron chi connectivity index (χ4n) is 2.67. The Morgan fingerprint density at radius 3 is 2.94 bits per heavy atom. The summed E-state index contributed by atoms with van der Waals surface area (Å²) in [6.07, 6.45) is 9.31. The molecule has 0 atom stereocenters. The Balaban J connectivity index is 1.67. The van der Waals surface area contributed by atoms with E-state index in [9.17, 15) is 0 Å². The van der Waals surface area contributed by atoms with Crippen molar-refractivity contribution in [2.45, 2.75) is 45.2 Å². The third kappa shape index (κ3) is 2.43. The second-order valence-electron chi connectivity index (χ2n) is 4.96. The van der Waals surface area contributed by atoms with Crippen LogP contribution >= 0.6 is 11.3 Å². The van der Waals surface area contributed by atoms with Gasteiger partial charge in [-0.1, -0.05) is 12.8 Å². The Labute approximate surface area is 112 Å². The molecule has 1 fully saturated rings. The van der Waals surface area contributed by atoms with Crippen LogP contribution in [0.3, 0.4) is 0 Å². The number of anilines is 1. The summed E-state index contributed by atoms with van der Waals surface area (Å²) in [6.45, 7) is 3.02. The van der Waals surface area contributed by atoms with Gasteiger partial charge in [-0.05, 0) is 31.9 Å². The molecule has 0 saturated heterocycles. The van der Waals surface area contributed by atoms with Gasteiger partial charge in [-0.15, -0.1) is 11.3 Å². The van der Waals surface area contributed by atoms with Crippen LogP contribution < -0.4 is 5.32 Å². The first-order valence-corrected chi connectivity index (χ1v) is 7.46. The van der Waals surface area contributed by atoms with Crippen LogP contribution in [0.4, 0.5) is 5.95 Å². The Hall–Kier alpha value is -1.29. The Bertz CT molecular complexity index is 509. The fraction of sp³-hybridized carbons (Fsp3) is 0.500. The monoisotopic (exact) mass is 261 g/mol. The van der Waals surface area contributed by atoms with E-state index in [2.05, 4.69) is 40.1 Å². The number of thiophene rings is 1. The van der Waals surface area contributed by atoms with Crippen molar-refractivity contribution >= 4 is 17.3 Å². The summed E-state index contributed by atoms with van der Waals surface area (Å²) in [7, 11) is 0. The summed E-state index contributed by atoms with van der Waals surface area (Å²) in [6, 6.07) is 5.01. The number of imidazole rings is 1. The molecular formula is C14H19N3S. The van der Waals surface area contributed by atoms with Crippen LogP contribution in [0.1, 0.15) is 41.5 Å². The van der Waals surface area contributed by atoms with E-state index in [0.29, 0.717) is 6.04 Å². The molecule has 0 aromatic carbocycles. The van der Waals surface area contributed by atoms with Crippen LogP contribution in [-0.2, 0) is 6.54 Å². The number of rotatable bonds is 4. The van der Waals surface area contributed by atoms with Gasteiger partial charge in [0.25, 0.3) is 0 Å². The van der Waals surface area contributed by atoms with E-state index < -0.39 is 0 Å². The zero-order valence-corrected chi connectivity index (χ0v) is 11.5. The van der Waals surface area contributed by atoms with Crippen LogP contribution in [0.25, 0.3) is 0 Å². The van der Waals surface area contributed by atoms with Crippen molar-refractivity contribution in [3.63, 3.8) is 0 Å². The smallest absolute Gasteiger partial charge is 0.203 e. The second kappa shape index (κ2) is 5.14. The normalized spacial score (nSPS) is 16.3. The predicted molar refractivity (Wildman–Crippen MR) is 76.1 cm³/mol. The van der Waals surface area contributed by atoms with Gasteiger partial charge in [-0.2, -0.15) is 0 Å². The summed E-state index contributed by atoms with van der Waals surface area (Å²) < 4.78 is 2.31. The van der Waals surface area contributed by atoms with E-state index in [1.807, 2.05) is 17.5 Å². The number of aryl methyl sites for hydroxylation is 1. The highest BCUT2D eigenvalue weighted by molar-refractivity contribution is 7.11. The van der Waals surface area contributed by atoms with Crippen molar-refractivity contribution in [2.75, 3.05) is 5.32 Å².